The van der Waals surface area contributed by atoms with Crippen LogP contribution in [-0.4, -0.2) is 57.0 Å². The highest BCUT2D eigenvalue weighted by Gasteiger charge is 2.29. The Morgan fingerprint density at radius 3 is 2.27 bits per heavy atom. The first-order valence-electron chi connectivity index (χ1n) is 10.5. The highest BCUT2D eigenvalue weighted by Crippen LogP contribution is 2.27. The minimum Gasteiger partial charge on any atom is -0.368 e. The SMILES string of the molecule is O=C(c1nnn(-c2ccc(Cl)cc2)c1-c1cccnc1)N1CCN(c2ccc(F)cc2)CC1. The van der Waals surface area contributed by atoms with Crippen molar-refractivity contribution in [2.75, 3.05) is 31.1 Å². The Bertz CT molecular complexity index is 1250. The molecule has 0 saturated carbocycles. The number of halogens is 2. The summed E-state index contributed by atoms with van der Waals surface area (Å²) in [6.07, 6.45) is 3.37. The standard InChI is InChI=1S/C24H20ClFN6O/c25-18-3-7-21(8-4-18)32-23(17-2-1-11-27-16-17)22(28-29-32)24(33)31-14-12-30(13-15-31)20-9-5-19(26)6-10-20/h1-11,16H,12-15H2. The number of rotatable bonds is 4. The van der Waals surface area contributed by atoms with Crippen molar-refractivity contribution in [3.8, 4) is 16.9 Å². The topological polar surface area (TPSA) is 67.2 Å². The number of benzene rings is 2. The zero-order valence-corrected chi connectivity index (χ0v) is 18.4. The highest BCUT2D eigenvalue weighted by molar-refractivity contribution is 6.30. The molecule has 0 N–H and O–H groups in total. The van der Waals surface area contributed by atoms with E-state index in [-0.39, 0.29) is 17.4 Å². The molecule has 4 aromatic rings. The third-order valence-electron chi connectivity index (χ3n) is 5.64. The smallest absolute Gasteiger partial charge is 0.276 e. The van der Waals surface area contributed by atoms with Crippen LogP contribution in [0.3, 0.4) is 0 Å². The van der Waals surface area contributed by atoms with E-state index in [1.807, 2.05) is 24.3 Å². The first-order chi connectivity index (χ1) is 16.1. The lowest BCUT2D eigenvalue weighted by atomic mass is 10.1. The fourth-order valence-electron chi connectivity index (χ4n) is 3.92. The van der Waals surface area contributed by atoms with Crippen molar-refractivity contribution in [1.82, 2.24) is 24.9 Å². The van der Waals surface area contributed by atoms with E-state index >= 15 is 0 Å². The quantitative estimate of drug-likeness (QED) is 0.457. The van der Waals surface area contributed by atoms with Crippen LogP contribution < -0.4 is 4.90 Å². The minimum atomic E-state index is -0.265. The van der Waals surface area contributed by atoms with Gasteiger partial charge in [0.25, 0.3) is 5.91 Å². The summed E-state index contributed by atoms with van der Waals surface area (Å²) in [5.41, 5.74) is 3.27. The number of piperazine rings is 1. The minimum absolute atomic E-state index is 0.187. The van der Waals surface area contributed by atoms with Gasteiger partial charge in [-0.2, -0.15) is 0 Å². The van der Waals surface area contributed by atoms with E-state index in [0.29, 0.717) is 36.9 Å². The van der Waals surface area contributed by atoms with Crippen LogP contribution in [0.15, 0.2) is 73.1 Å². The van der Waals surface area contributed by atoms with Gasteiger partial charge in [0, 0.05) is 54.8 Å². The summed E-state index contributed by atoms with van der Waals surface area (Å²) < 4.78 is 14.9. The van der Waals surface area contributed by atoms with E-state index in [0.717, 1.165) is 16.9 Å². The molecule has 5 rings (SSSR count). The van der Waals surface area contributed by atoms with Gasteiger partial charge in [-0.15, -0.1) is 5.10 Å². The molecule has 0 unspecified atom stereocenters. The number of amides is 1. The predicted octanol–water partition coefficient (Wildman–Crippen LogP) is 4.08. The van der Waals surface area contributed by atoms with Crippen LogP contribution in [0.5, 0.6) is 0 Å². The van der Waals surface area contributed by atoms with Gasteiger partial charge in [0.15, 0.2) is 5.69 Å². The summed E-state index contributed by atoms with van der Waals surface area (Å²) >= 11 is 6.04. The Balaban J connectivity index is 1.42. The number of carbonyl (C=O) groups excluding carboxylic acids is 1. The van der Waals surface area contributed by atoms with Crippen LogP contribution in [-0.2, 0) is 0 Å². The van der Waals surface area contributed by atoms with Crippen LogP contribution in [0.1, 0.15) is 10.5 Å². The zero-order chi connectivity index (χ0) is 22.8. The number of hydrogen-bond donors (Lipinski definition) is 0. The Morgan fingerprint density at radius 1 is 0.909 bits per heavy atom. The largest absolute Gasteiger partial charge is 0.368 e. The first kappa shape index (κ1) is 21.1. The van der Waals surface area contributed by atoms with Crippen LogP contribution in [0.4, 0.5) is 10.1 Å². The molecule has 33 heavy (non-hydrogen) atoms. The van der Waals surface area contributed by atoms with E-state index < -0.39 is 0 Å². The van der Waals surface area contributed by atoms with Crippen molar-refractivity contribution in [1.29, 1.82) is 0 Å². The number of carbonyl (C=O) groups is 1. The van der Waals surface area contributed by atoms with Crippen molar-refractivity contribution in [2.45, 2.75) is 0 Å². The second-order valence-corrected chi connectivity index (χ2v) is 8.11. The number of hydrogen-bond acceptors (Lipinski definition) is 5. The first-order valence-corrected chi connectivity index (χ1v) is 10.9. The molecule has 1 aliphatic rings. The third kappa shape index (κ3) is 4.29. The van der Waals surface area contributed by atoms with Crippen molar-refractivity contribution in [2.24, 2.45) is 0 Å². The average Bonchev–Trinajstić information content (AvgIpc) is 3.30. The van der Waals surface area contributed by atoms with Gasteiger partial charge in [-0.3, -0.25) is 9.78 Å². The van der Waals surface area contributed by atoms with Gasteiger partial charge in [-0.1, -0.05) is 16.8 Å². The van der Waals surface area contributed by atoms with Gasteiger partial charge in [-0.05, 0) is 60.7 Å². The Labute approximate surface area is 195 Å². The van der Waals surface area contributed by atoms with Gasteiger partial charge in [0.2, 0.25) is 0 Å². The summed E-state index contributed by atoms with van der Waals surface area (Å²) in [6.45, 7) is 2.34. The summed E-state index contributed by atoms with van der Waals surface area (Å²) in [6, 6.07) is 17.3. The lowest BCUT2D eigenvalue weighted by Crippen LogP contribution is -2.49. The number of nitrogens with zero attached hydrogens (tertiary/aromatic N) is 6. The number of pyridine rings is 1. The Morgan fingerprint density at radius 2 is 1.61 bits per heavy atom. The van der Waals surface area contributed by atoms with E-state index in [1.165, 1.54) is 12.1 Å². The molecule has 7 nitrogen and oxygen atoms in total. The zero-order valence-electron chi connectivity index (χ0n) is 17.6. The van der Waals surface area contributed by atoms with E-state index in [9.17, 15) is 9.18 Å². The molecule has 1 fully saturated rings. The Kier molecular flexibility index (Phi) is 5.75. The number of anilines is 1. The molecular weight excluding hydrogens is 443 g/mol. The molecule has 1 aliphatic heterocycles. The molecule has 0 aliphatic carbocycles. The van der Waals surface area contributed by atoms with Crippen LogP contribution in [0.2, 0.25) is 5.02 Å². The molecular formula is C24H20ClFN6O. The fraction of sp³-hybridized carbons (Fsp3) is 0.167. The maximum absolute atomic E-state index is 13.5. The average molecular weight is 463 g/mol. The molecule has 2 aromatic carbocycles. The van der Waals surface area contributed by atoms with Gasteiger partial charge in [0.05, 0.1) is 5.69 Å². The molecule has 1 amide bonds. The van der Waals surface area contributed by atoms with Crippen molar-refractivity contribution in [3.05, 3.63) is 89.6 Å². The normalized spacial score (nSPS) is 13.9. The molecule has 0 bridgehead atoms. The monoisotopic (exact) mass is 462 g/mol. The maximum atomic E-state index is 13.5. The summed E-state index contributed by atoms with van der Waals surface area (Å²) in [5, 5.41) is 9.15. The molecule has 2 aromatic heterocycles. The fourth-order valence-corrected chi connectivity index (χ4v) is 4.05. The molecule has 0 atom stereocenters. The second-order valence-electron chi connectivity index (χ2n) is 7.67. The summed E-state index contributed by atoms with van der Waals surface area (Å²) in [5.74, 6) is -0.452. The molecule has 1 saturated heterocycles. The van der Waals surface area contributed by atoms with Crippen molar-refractivity contribution < 1.29 is 9.18 Å². The van der Waals surface area contributed by atoms with E-state index in [4.69, 9.17) is 11.6 Å². The molecule has 3 heterocycles. The molecule has 0 spiro atoms. The summed E-state index contributed by atoms with van der Waals surface area (Å²) in [4.78, 5) is 21.6. The molecule has 0 radical (unpaired) electrons. The van der Waals surface area contributed by atoms with E-state index in [2.05, 4.69) is 20.2 Å². The molecule has 166 valence electrons. The third-order valence-corrected chi connectivity index (χ3v) is 5.89. The predicted molar refractivity (Wildman–Crippen MR) is 124 cm³/mol. The van der Waals surface area contributed by atoms with E-state index in [1.54, 1.807) is 46.2 Å². The highest BCUT2D eigenvalue weighted by atomic mass is 35.5. The van der Waals surface area contributed by atoms with Crippen LogP contribution in [0.25, 0.3) is 16.9 Å². The van der Waals surface area contributed by atoms with Crippen LogP contribution >= 0.6 is 11.6 Å². The second kappa shape index (κ2) is 8.99. The number of aromatic nitrogens is 4. The van der Waals surface area contributed by atoms with Gasteiger partial charge >= 0.3 is 0 Å². The maximum Gasteiger partial charge on any atom is 0.276 e. The Hall–Kier alpha value is -3.78. The van der Waals surface area contributed by atoms with Crippen molar-refractivity contribution in [3.63, 3.8) is 0 Å². The molecule has 9 heteroatoms. The van der Waals surface area contributed by atoms with Gasteiger partial charge in [0.1, 0.15) is 11.5 Å². The van der Waals surface area contributed by atoms with Crippen LogP contribution in [0, 0.1) is 5.82 Å². The van der Waals surface area contributed by atoms with Gasteiger partial charge < -0.3 is 9.80 Å². The summed E-state index contributed by atoms with van der Waals surface area (Å²) in [7, 11) is 0. The lowest BCUT2D eigenvalue weighted by Gasteiger charge is -2.35. The lowest BCUT2D eigenvalue weighted by molar-refractivity contribution is 0.0741. The van der Waals surface area contributed by atoms with Crippen molar-refractivity contribution >= 4 is 23.2 Å². The van der Waals surface area contributed by atoms with Gasteiger partial charge in [-0.25, -0.2) is 9.07 Å².